The van der Waals surface area contributed by atoms with E-state index in [0.717, 1.165) is 67.3 Å². The molecule has 16 rings (SSSR count). The zero-order chi connectivity index (χ0) is 79.9. The standard InChI is InChI=1S/C20H17N3O.C19H16N4O2.C18H15N3O2.C17H14N4O.C16H12N4O/c24-20(18-5-2-10-21-12-18)23-19-9-8-17(13-22-19)16-4-1-3-15(11-16)14-6-7-14;1-20-18(24)14-5-2-4-13(10-14)15-7-8-17(22-12-15)23-19(25)16-6-3-9-21-11-16;1-23-16-6-2-4-13(10-16)14-7-8-17(20-12-14)21-18(22)15-5-3-9-19-11-15;1-12-18-10-15(11-19-12)17(22)21-16-8-7-14(9-20-16)13-5-3-2-4-6-13;21-15(13-7-4-8-17-9-13)20-16-18-10-14(11-19-16)12-5-2-1-3-6-12/h1-5,8-14H,6-7H2,(H,22,23,24);2-12H,1H3,(H,20,24)(H,22,23,25);2-12H,1H3,(H,20,21,22);2-11H,1H3,(H,20,21,22);1-11H,(H,18,19,20,21). The van der Waals surface area contributed by atoms with Crippen LogP contribution < -0.4 is 36.6 Å². The first-order valence-corrected chi connectivity index (χ1v) is 36.1. The van der Waals surface area contributed by atoms with Crippen molar-refractivity contribution in [3.05, 3.63) is 374 Å². The number of anilines is 5. The second-order valence-corrected chi connectivity index (χ2v) is 25.3. The number of ether oxygens (including phenoxy) is 1. The van der Waals surface area contributed by atoms with E-state index >= 15 is 0 Å². The van der Waals surface area contributed by atoms with Crippen LogP contribution in [0.4, 0.5) is 29.2 Å². The lowest BCUT2D eigenvalue weighted by Crippen LogP contribution is -2.17. The van der Waals surface area contributed by atoms with Gasteiger partial charge in [0.15, 0.2) is 0 Å². The fourth-order valence-electron chi connectivity index (χ4n) is 11.0. The van der Waals surface area contributed by atoms with Crippen LogP contribution in [-0.4, -0.2) is 109 Å². The van der Waals surface area contributed by atoms with Gasteiger partial charge in [-0.05, 0) is 180 Å². The topological polar surface area (TPSA) is 339 Å². The minimum Gasteiger partial charge on any atom is -0.497 e. The first-order chi connectivity index (χ1) is 56.3. The Bertz CT molecular complexity index is 5700. The van der Waals surface area contributed by atoms with Crippen LogP contribution >= 0.6 is 0 Å². The molecule has 0 radical (unpaired) electrons. The third kappa shape index (κ3) is 23.3. The first kappa shape index (κ1) is 78.7. The normalized spacial score (nSPS) is 10.8. The maximum absolute atomic E-state index is 12.1. The van der Waals surface area contributed by atoms with Crippen molar-refractivity contribution in [1.29, 1.82) is 0 Å². The van der Waals surface area contributed by atoms with Gasteiger partial charge in [0.25, 0.3) is 35.4 Å². The molecule has 0 bridgehead atoms. The van der Waals surface area contributed by atoms with E-state index in [-0.39, 0.29) is 41.4 Å². The molecule has 15 aromatic rings. The predicted molar refractivity (Wildman–Crippen MR) is 442 cm³/mol. The molecule has 25 nitrogen and oxygen atoms in total. The molecule has 1 aliphatic rings. The number of nitrogens with zero attached hydrogens (tertiary/aromatic N) is 12. The Hall–Kier alpha value is -15.9. The number of hydrogen-bond donors (Lipinski definition) is 6. The van der Waals surface area contributed by atoms with Gasteiger partial charge in [-0.1, -0.05) is 109 Å². The van der Waals surface area contributed by atoms with Gasteiger partial charge in [-0.2, -0.15) is 0 Å². The Morgan fingerprint density at radius 1 is 0.296 bits per heavy atom. The molecule has 5 aromatic carbocycles. The third-order valence-corrected chi connectivity index (χ3v) is 17.2. The van der Waals surface area contributed by atoms with Crippen molar-refractivity contribution in [2.75, 3.05) is 40.7 Å². The van der Waals surface area contributed by atoms with E-state index in [9.17, 15) is 28.8 Å². The molecule has 566 valence electrons. The second kappa shape index (κ2) is 40.0. The van der Waals surface area contributed by atoms with Gasteiger partial charge in [0, 0.05) is 140 Å². The lowest BCUT2D eigenvalue weighted by atomic mass is 10.0. The van der Waals surface area contributed by atoms with Crippen LogP contribution in [0.2, 0.25) is 0 Å². The number of methoxy groups -OCH3 is 1. The maximum atomic E-state index is 12.1. The summed E-state index contributed by atoms with van der Waals surface area (Å²) in [4.78, 5) is 121. The van der Waals surface area contributed by atoms with E-state index in [1.165, 1.54) is 55.6 Å². The second-order valence-electron chi connectivity index (χ2n) is 25.3. The lowest BCUT2D eigenvalue weighted by Gasteiger charge is -2.07. The number of carbonyl (C=O) groups excluding carboxylic acids is 6. The number of rotatable bonds is 18. The fraction of sp³-hybridized carbons (Fsp3) is 0.0667. The summed E-state index contributed by atoms with van der Waals surface area (Å²) < 4.78 is 5.22. The highest BCUT2D eigenvalue weighted by Gasteiger charge is 2.24. The average molecular weight is 1520 g/mol. The molecule has 0 atom stereocenters. The minimum absolute atomic E-state index is 0.143. The van der Waals surface area contributed by atoms with Crippen LogP contribution in [0, 0.1) is 6.92 Å². The Kier molecular flexibility index (Phi) is 27.3. The van der Waals surface area contributed by atoms with E-state index in [1.807, 2.05) is 127 Å². The van der Waals surface area contributed by atoms with Gasteiger partial charge in [-0.15, -0.1) is 0 Å². The summed E-state index contributed by atoms with van der Waals surface area (Å²) in [6.45, 7) is 1.77. The molecule has 6 amide bonds. The van der Waals surface area contributed by atoms with Crippen molar-refractivity contribution in [1.82, 2.24) is 65.1 Å². The fourth-order valence-corrected chi connectivity index (χ4v) is 11.0. The number of carbonyl (C=O) groups is 6. The monoisotopic (exact) mass is 1520 g/mol. The Labute approximate surface area is 662 Å². The van der Waals surface area contributed by atoms with Gasteiger partial charge >= 0.3 is 0 Å². The molecule has 0 unspecified atom stereocenters. The highest BCUT2D eigenvalue weighted by atomic mass is 16.5. The third-order valence-electron chi connectivity index (χ3n) is 17.2. The lowest BCUT2D eigenvalue weighted by molar-refractivity contribution is 0.0959. The Morgan fingerprint density at radius 2 is 0.652 bits per heavy atom. The number of benzene rings is 5. The van der Waals surface area contributed by atoms with E-state index in [0.29, 0.717) is 62.5 Å². The van der Waals surface area contributed by atoms with Crippen molar-refractivity contribution in [2.24, 2.45) is 0 Å². The van der Waals surface area contributed by atoms with Gasteiger partial charge in [0.2, 0.25) is 5.95 Å². The molecule has 115 heavy (non-hydrogen) atoms. The number of aryl methyl sites for hydroxylation is 1. The van der Waals surface area contributed by atoms with Crippen LogP contribution in [-0.2, 0) is 0 Å². The van der Waals surface area contributed by atoms with Crippen LogP contribution in [0.3, 0.4) is 0 Å². The highest BCUT2D eigenvalue weighted by Crippen LogP contribution is 2.41. The summed E-state index contributed by atoms with van der Waals surface area (Å²) >= 11 is 0. The molecular formula is C90H74N18O7. The summed E-state index contributed by atoms with van der Waals surface area (Å²) in [5.41, 5.74) is 14.2. The molecule has 10 aromatic heterocycles. The molecule has 0 spiro atoms. The maximum Gasteiger partial charge on any atom is 0.259 e. The molecule has 25 heteroatoms. The molecule has 6 N–H and O–H groups in total. The van der Waals surface area contributed by atoms with Crippen molar-refractivity contribution >= 4 is 64.7 Å². The van der Waals surface area contributed by atoms with Crippen molar-refractivity contribution < 1.29 is 33.5 Å². The van der Waals surface area contributed by atoms with E-state index in [2.05, 4.69) is 116 Å². The predicted octanol–water partition coefficient (Wildman–Crippen LogP) is 16.3. The van der Waals surface area contributed by atoms with Gasteiger partial charge in [-0.25, -0.2) is 39.9 Å². The molecule has 0 aliphatic heterocycles. The van der Waals surface area contributed by atoms with Gasteiger partial charge < -0.3 is 31.3 Å². The van der Waals surface area contributed by atoms with E-state index < -0.39 is 0 Å². The summed E-state index contributed by atoms with van der Waals surface area (Å²) in [5, 5.41) is 16.2. The van der Waals surface area contributed by atoms with E-state index in [1.54, 1.807) is 162 Å². The van der Waals surface area contributed by atoms with Gasteiger partial charge in [0.1, 0.15) is 34.8 Å². The minimum atomic E-state index is -0.282. The van der Waals surface area contributed by atoms with Crippen LogP contribution in [0.15, 0.2) is 330 Å². The molecule has 1 saturated carbocycles. The Morgan fingerprint density at radius 3 is 1.04 bits per heavy atom. The quantitative estimate of drug-likeness (QED) is 0.0465. The molecule has 1 fully saturated rings. The average Bonchev–Trinajstić information content (AvgIpc) is 1.72. The number of hydrogen-bond acceptors (Lipinski definition) is 19. The highest BCUT2D eigenvalue weighted by molar-refractivity contribution is 6.06. The number of nitrogens with one attached hydrogen (secondary N) is 6. The van der Waals surface area contributed by atoms with Gasteiger partial charge in [-0.3, -0.25) is 54.0 Å². The summed E-state index contributed by atoms with van der Waals surface area (Å²) in [7, 11) is 3.23. The number of pyridine rings is 8. The van der Waals surface area contributed by atoms with Crippen molar-refractivity contribution in [3.63, 3.8) is 0 Å². The molecule has 1 aliphatic carbocycles. The smallest absolute Gasteiger partial charge is 0.259 e. The van der Waals surface area contributed by atoms with E-state index in [4.69, 9.17) is 4.74 Å². The molecular weight excluding hydrogens is 1450 g/mol. The van der Waals surface area contributed by atoms with Crippen LogP contribution in [0.5, 0.6) is 5.75 Å². The SMILES string of the molecule is CNC(=O)c1cccc(-c2ccc(NC(=O)c3cccnc3)nc2)c1.COc1cccc(-c2ccc(NC(=O)c3cccnc3)nc2)c1.Cc1ncc(C(=O)Nc2ccc(-c3ccccc3)cn2)cn1.O=C(Nc1ccc(-c2cccc(C3CC3)c2)cn1)c1cccnc1.O=C(Nc1ncc(-c2ccccc2)cn1)c1cccnc1. The molecule has 0 saturated heterocycles. The number of amides is 6. The summed E-state index contributed by atoms with van der Waals surface area (Å²) in [6.07, 6.45) is 28.4. The zero-order valence-electron chi connectivity index (χ0n) is 62.4. The molecule has 10 heterocycles. The first-order valence-electron chi connectivity index (χ1n) is 36.1. The van der Waals surface area contributed by atoms with Crippen molar-refractivity contribution in [3.8, 4) is 61.4 Å². The Balaban J connectivity index is 0.000000133. The summed E-state index contributed by atoms with van der Waals surface area (Å²) in [5.74, 6) is 2.96. The number of aromatic nitrogens is 12. The van der Waals surface area contributed by atoms with Crippen LogP contribution in [0.25, 0.3) is 55.6 Å². The summed E-state index contributed by atoms with van der Waals surface area (Å²) in [6, 6.07) is 71.7. The van der Waals surface area contributed by atoms with Crippen LogP contribution in [0.1, 0.15) is 92.3 Å². The van der Waals surface area contributed by atoms with Gasteiger partial charge in [0.05, 0.1) is 34.9 Å². The zero-order valence-corrected chi connectivity index (χ0v) is 62.4. The van der Waals surface area contributed by atoms with Crippen molar-refractivity contribution in [2.45, 2.75) is 25.7 Å². The largest absolute Gasteiger partial charge is 0.497 e.